The number of piperazine rings is 1. The van der Waals surface area contributed by atoms with Crippen LogP contribution in [0.3, 0.4) is 0 Å². The molecule has 1 aliphatic rings. The molecule has 2 aromatic carbocycles. The van der Waals surface area contributed by atoms with E-state index in [9.17, 15) is 4.79 Å². The number of quaternary nitrogens is 2. The molecule has 0 atom stereocenters. The number of benzene rings is 2. The van der Waals surface area contributed by atoms with Gasteiger partial charge in [0.1, 0.15) is 32.7 Å². The minimum Gasteiger partial charge on any atom is -0.322 e. The van der Waals surface area contributed by atoms with Crippen LogP contribution in [0.15, 0.2) is 58.5 Å². The van der Waals surface area contributed by atoms with Crippen LogP contribution in [-0.2, 0) is 11.3 Å². The largest absolute Gasteiger partial charge is 0.322 e. The van der Waals surface area contributed by atoms with E-state index in [1.54, 1.807) is 18.0 Å². The highest BCUT2D eigenvalue weighted by Crippen LogP contribution is 2.14. The average Bonchev–Trinajstić information content (AvgIpc) is 2.72. The highest BCUT2D eigenvalue weighted by Gasteiger charge is 2.25. The van der Waals surface area contributed by atoms with E-state index in [0.717, 1.165) is 43.3 Å². The van der Waals surface area contributed by atoms with Crippen molar-refractivity contribution < 1.29 is 14.6 Å². The molecule has 148 valence electrons. The van der Waals surface area contributed by atoms with Gasteiger partial charge in [-0.1, -0.05) is 41.9 Å². The van der Waals surface area contributed by atoms with E-state index in [1.807, 2.05) is 48.7 Å². The van der Waals surface area contributed by atoms with Gasteiger partial charge in [0.25, 0.3) is 5.91 Å². The van der Waals surface area contributed by atoms with Gasteiger partial charge in [0.2, 0.25) is 0 Å². The zero-order valence-electron chi connectivity index (χ0n) is 16.1. The lowest BCUT2D eigenvalue weighted by atomic mass is 10.2. The Kier molecular flexibility index (Phi) is 7.91. The molecule has 0 saturated carbocycles. The molecular formula is C21H27ClN4OS+2. The lowest BCUT2D eigenvalue weighted by Crippen LogP contribution is -3.28. The molecule has 0 unspecified atom stereocenters. The van der Waals surface area contributed by atoms with Crippen molar-refractivity contribution in [2.45, 2.75) is 11.4 Å². The molecule has 7 heteroatoms. The number of carbonyl (C=O) groups excluding carboxylic acids is 1. The number of carbonyl (C=O) groups is 1. The van der Waals surface area contributed by atoms with Gasteiger partial charge in [0.05, 0.1) is 6.21 Å². The SMILES string of the molecule is CSc1ccc(/C=N\NC(=O)C[NH+]2CC[NH+](Cc3ccccc3Cl)CC2)cc1. The number of nitrogens with zero attached hydrogens (tertiary/aromatic N) is 1. The third-order valence-corrected chi connectivity index (χ3v) is 6.10. The number of halogens is 1. The number of hydrazone groups is 1. The van der Waals surface area contributed by atoms with Gasteiger partial charge in [0, 0.05) is 15.5 Å². The minimum atomic E-state index is -0.0402. The van der Waals surface area contributed by atoms with Crippen molar-refractivity contribution in [3.05, 3.63) is 64.7 Å². The summed E-state index contributed by atoms with van der Waals surface area (Å²) in [4.78, 5) is 16.2. The van der Waals surface area contributed by atoms with Crippen LogP contribution in [0.2, 0.25) is 5.02 Å². The first kappa shape index (κ1) is 20.9. The fraction of sp³-hybridized carbons (Fsp3) is 0.333. The predicted octanol–water partition coefficient (Wildman–Crippen LogP) is 0.496. The zero-order valence-corrected chi connectivity index (χ0v) is 17.7. The molecule has 1 saturated heterocycles. The number of hydrogen-bond donors (Lipinski definition) is 3. The van der Waals surface area contributed by atoms with Crippen molar-refractivity contribution >= 4 is 35.5 Å². The Labute approximate surface area is 175 Å². The number of hydrogen-bond acceptors (Lipinski definition) is 3. The summed E-state index contributed by atoms with van der Waals surface area (Å²) >= 11 is 7.96. The van der Waals surface area contributed by atoms with Crippen LogP contribution in [0.25, 0.3) is 0 Å². The molecule has 2 aromatic rings. The quantitative estimate of drug-likeness (QED) is 0.348. The van der Waals surface area contributed by atoms with Gasteiger partial charge >= 0.3 is 0 Å². The van der Waals surface area contributed by atoms with E-state index in [4.69, 9.17) is 11.6 Å². The fourth-order valence-corrected chi connectivity index (χ4v) is 3.97. The van der Waals surface area contributed by atoms with Crippen LogP contribution in [0.4, 0.5) is 0 Å². The molecule has 3 rings (SSSR count). The summed E-state index contributed by atoms with van der Waals surface area (Å²) in [5.41, 5.74) is 4.81. The minimum absolute atomic E-state index is 0.0402. The molecule has 0 aromatic heterocycles. The summed E-state index contributed by atoms with van der Waals surface area (Å²) < 4.78 is 0. The van der Waals surface area contributed by atoms with Crippen molar-refractivity contribution in [3.63, 3.8) is 0 Å². The van der Waals surface area contributed by atoms with Gasteiger partial charge in [-0.25, -0.2) is 5.43 Å². The molecule has 0 bridgehead atoms. The summed E-state index contributed by atoms with van der Waals surface area (Å²) in [6.07, 6.45) is 3.73. The van der Waals surface area contributed by atoms with Crippen LogP contribution >= 0.6 is 23.4 Å². The van der Waals surface area contributed by atoms with Crippen molar-refractivity contribution in [3.8, 4) is 0 Å². The van der Waals surface area contributed by atoms with Gasteiger partial charge in [-0.15, -0.1) is 11.8 Å². The second-order valence-corrected chi connectivity index (χ2v) is 8.30. The fourth-order valence-electron chi connectivity index (χ4n) is 3.36. The van der Waals surface area contributed by atoms with Crippen molar-refractivity contribution in [1.82, 2.24) is 5.43 Å². The standard InChI is InChI=1S/C21H25ClN4OS/c1-28-19-8-6-17(7-9-19)14-23-24-21(27)16-26-12-10-25(11-13-26)15-18-4-2-3-5-20(18)22/h2-9,14H,10-13,15-16H2,1H3,(H,24,27)/p+2/b23-14-. The highest BCUT2D eigenvalue weighted by molar-refractivity contribution is 7.98. The molecule has 28 heavy (non-hydrogen) atoms. The van der Waals surface area contributed by atoms with E-state index in [2.05, 4.69) is 16.6 Å². The molecule has 1 fully saturated rings. The van der Waals surface area contributed by atoms with Crippen molar-refractivity contribution in [2.75, 3.05) is 39.0 Å². The van der Waals surface area contributed by atoms with Crippen LogP contribution in [-0.4, -0.2) is 51.1 Å². The van der Waals surface area contributed by atoms with E-state index in [-0.39, 0.29) is 5.91 Å². The molecule has 1 heterocycles. The maximum atomic E-state index is 12.1. The van der Waals surface area contributed by atoms with Gasteiger partial charge in [-0.3, -0.25) is 4.79 Å². The summed E-state index contributed by atoms with van der Waals surface area (Å²) in [5.74, 6) is -0.0402. The van der Waals surface area contributed by atoms with Crippen LogP contribution in [0.5, 0.6) is 0 Å². The number of nitrogens with one attached hydrogen (secondary N) is 3. The molecule has 0 spiro atoms. The summed E-state index contributed by atoms with van der Waals surface area (Å²) in [6.45, 7) is 5.44. The Balaban J connectivity index is 1.38. The average molecular weight is 419 g/mol. The third kappa shape index (κ3) is 6.34. The molecule has 1 amide bonds. The van der Waals surface area contributed by atoms with Gasteiger partial charge in [-0.05, 0) is 30.0 Å². The summed E-state index contributed by atoms with van der Waals surface area (Å²) in [7, 11) is 0. The number of thioether (sulfide) groups is 1. The molecule has 5 nitrogen and oxygen atoms in total. The second-order valence-electron chi connectivity index (χ2n) is 7.01. The first-order chi connectivity index (χ1) is 13.6. The topological polar surface area (TPSA) is 50.3 Å². The smallest absolute Gasteiger partial charge is 0.295 e. The normalized spacial score (nSPS) is 19.6. The Hall–Kier alpha value is -1.86. The number of rotatable bonds is 7. The summed E-state index contributed by atoms with van der Waals surface area (Å²) in [6, 6.07) is 16.1. The van der Waals surface area contributed by atoms with E-state index < -0.39 is 0 Å². The first-order valence-electron chi connectivity index (χ1n) is 9.50. The van der Waals surface area contributed by atoms with E-state index >= 15 is 0 Å². The van der Waals surface area contributed by atoms with Crippen LogP contribution < -0.4 is 15.2 Å². The predicted molar refractivity (Wildman–Crippen MR) is 115 cm³/mol. The highest BCUT2D eigenvalue weighted by atomic mass is 35.5. The molecular weight excluding hydrogens is 392 g/mol. The van der Waals surface area contributed by atoms with Gasteiger partial charge in [-0.2, -0.15) is 5.10 Å². The maximum absolute atomic E-state index is 12.1. The lowest BCUT2D eigenvalue weighted by molar-refractivity contribution is -1.02. The lowest BCUT2D eigenvalue weighted by Gasteiger charge is -2.29. The second kappa shape index (κ2) is 10.6. The van der Waals surface area contributed by atoms with Crippen molar-refractivity contribution in [2.24, 2.45) is 5.10 Å². The third-order valence-electron chi connectivity index (χ3n) is 4.99. The van der Waals surface area contributed by atoms with Crippen molar-refractivity contribution in [1.29, 1.82) is 0 Å². The Morgan fingerprint density at radius 1 is 1.11 bits per heavy atom. The Morgan fingerprint density at radius 2 is 1.79 bits per heavy atom. The van der Waals surface area contributed by atoms with Gasteiger partial charge < -0.3 is 9.80 Å². The van der Waals surface area contributed by atoms with Crippen LogP contribution in [0, 0.1) is 0 Å². The number of amides is 1. The maximum Gasteiger partial charge on any atom is 0.295 e. The Bertz CT molecular complexity index is 804. The van der Waals surface area contributed by atoms with E-state index in [0.29, 0.717) is 6.54 Å². The molecule has 0 aliphatic carbocycles. The molecule has 0 radical (unpaired) electrons. The van der Waals surface area contributed by atoms with E-state index in [1.165, 1.54) is 20.3 Å². The molecule has 3 N–H and O–H groups in total. The zero-order chi connectivity index (χ0) is 19.8. The Morgan fingerprint density at radius 3 is 2.46 bits per heavy atom. The monoisotopic (exact) mass is 418 g/mol. The van der Waals surface area contributed by atoms with Crippen LogP contribution in [0.1, 0.15) is 11.1 Å². The molecule has 1 aliphatic heterocycles. The first-order valence-corrected chi connectivity index (χ1v) is 11.1. The summed E-state index contributed by atoms with van der Waals surface area (Å²) in [5, 5.41) is 4.92. The van der Waals surface area contributed by atoms with Gasteiger partial charge in [0.15, 0.2) is 6.54 Å².